The third-order valence-electron chi connectivity index (χ3n) is 15.4. The molecule has 0 fully saturated rings. The zero-order chi connectivity index (χ0) is 54.7. The van der Waals surface area contributed by atoms with Crippen molar-refractivity contribution in [2.24, 2.45) is 0 Å². The van der Waals surface area contributed by atoms with Crippen molar-refractivity contribution in [3.63, 3.8) is 0 Å². The SMILES string of the molecule is c1ccc([PH]([PH][Pd]([PH][PH](c2ccccc2)(c2ccccc2)c2ccccc2)([PH][PH](c2ccccc2)(c2ccccc2)c2ccccc2)[PH][PH](c2ccccc2)(c2ccccc2)c2ccccc2)(c2ccccc2)c2ccccc2)cc1. The third-order valence-corrected chi connectivity index (χ3v) is 140. The van der Waals surface area contributed by atoms with Crippen LogP contribution in [0.15, 0.2) is 364 Å². The van der Waals surface area contributed by atoms with Gasteiger partial charge in [0.05, 0.1) is 0 Å². The zero-order valence-electron chi connectivity index (χ0n) is 45.0. The molecule has 0 bridgehead atoms. The van der Waals surface area contributed by atoms with E-state index in [1.165, 1.54) is 63.7 Å². The third kappa shape index (κ3) is 11.3. The van der Waals surface area contributed by atoms with Crippen molar-refractivity contribution in [3.8, 4) is 0 Å². The molecule has 0 aromatic heterocycles. The second-order valence-corrected chi connectivity index (χ2v) is 83.4. The average Bonchev–Trinajstić information content (AvgIpc) is 3.74. The van der Waals surface area contributed by atoms with E-state index in [4.69, 9.17) is 0 Å². The molecular weight excluding hydrogens is 1220 g/mol. The van der Waals surface area contributed by atoms with Crippen molar-refractivity contribution < 1.29 is 13.6 Å². The summed E-state index contributed by atoms with van der Waals surface area (Å²) in [7, 11) is 0. The van der Waals surface area contributed by atoms with Crippen molar-refractivity contribution >= 4 is 117 Å². The standard InChI is InChI=1S/4C18H17P2.Pd/c4*19-20(16-10-4-1-5-11-16,17-12-6-2-7-13-17)18-14-8-3-9-15-18;/h4*1-15,19-20H;/q4*-1;+4. The van der Waals surface area contributed by atoms with E-state index >= 15 is 0 Å². The predicted octanol–water partition coefficient (Wildman–Crippen LogP) is 15.1. The van der Waals surface area contributed by atoms with Crippen LogP contribution in [-0.2, 0) is 13.6 Å². The zero-order valence-corrected chi connectivity index (χ0v) is 54.5. The second kappa shape index (κ2) is 26.1. The fourth-order valence-corrected chi connectivity index (χ4v) is 228. The molecule has 0 radical (unpaired) electrons. The molecule has 12 rings (SSSR count). The van der Waals surface area contributed by atoms with E-state index < -0.39 is 41.4 Å². The summed E-state index contributed by atoms with van der Waals surface area (Å²) in [5, 5.41) is 18.0. The molecule has 0 spiro atoms. The summed E-state index contributed by atoms with van der Waals surface area (Å²) >= 11 is -3.40. The monoisotopic (exact) mass is 1290 g/mol. The summed E-state index contributed by atoms with van der Waals surface area (Å²) in [4.78, 5) is 0. The van der Waals surface area contributed by atoms with Crippen molar-refractivity contribution in [1.82, 2.24) is 0 Å². The van der Waals surface area contributed by atoms with Crippen LogP contribution < -0.4 is 63.7 Å². The summed E-state index contributed by atoms with van der Waals surface area (Å²) in [5.41, 5.74) is 0. The molecule has 0 N–H and O–H groups in total. The van der Waals surface area contributed by atoms with E-state index in [1.807, 2.05) is 0 Å². The molecule has 4 atom stereocenters. The summed E-state index contributed by atoms with van der Waals surface area (Å²) in [6.07, 6.45) is 0. The molecule has 4 unspecified atom stereocenters. The fourth-order valence-electron chi connectivity index (χ4n) is 11.6. The van der Waals surface area contributed by atoms with E-state index in [9.17, 15) is 0 Å². The van der Waals surface area contributed by atoms with Gasteiger partial charge in [0.1, 0.15) is 0 Å². The first kappa shape index (κ1) is 56.2. The molecule has 0 nitrogen and oxygen atoms in total. The minimum absolute atomic E-state index is 0.642. The fraction of sp³-hybridized carbons (Fsp3) is 0. The normalized spacial score (nSPS) is 14.5. The molecular formula is C72H68P8Pd. The molecule has 406 valence electrons. The van der Waals surface area contributed by atoms with Crippen LogP contribution in [0.3, 0.4) is 0 Å². The van der Waals surface area contributed by atoms with Gasteiger partial charge in [0.2, 0.25) is 0 Å². The maximum absolute atomic E-state index is 3.40. The van der Waals surface area contributed by atoms with Crippen LogP contribution in [0.4, 0.5) is 0 Å². The van der Waals surface area contributed by atoms with Gasteiger partial charge in [-0.25, -0.2) is 0 Å². The van der Waals surface area contributed by atoms with Crippen LogP contribution in [-0.4, -0.2) is 0 Å². The maximum atomic E-state index is 2.54. The Morgan fingerprint density at radius 3 is 0.309 bits per heavy atom. The van der Waals surface area contributed by atoms with E-state index in [-0.39, 0.29) is 0 Å². The van der Waals surface area contributed by atoms with Gasteiger partial charge in [-0.3, -0.25) is 0 Å². The van der Waals surface area contributed by atoms with Gasteiger partial charge in [-0.2, -0.15) is 0 Å². The Kier molecular flexibility index (Phi) is 18.1. The summed E-state index contributed by atoms with van der Waals surface area (Å²) in [6, 6.07) is 144. The topological polar surface area (TPSA) is 0 Å². The van der Waals surface area contributed by atoms with Gasteiger partial charge in [0, 0.05) is 0 Å². The van der Waals surface area contributed by atoms with Gasteiger partial charge in [0.15, 0.2) is 0 Å². The molecule has 0 saturated carbocycles. The van der Waals surface area contributed by atoms with Crippen molar-refractivity contribution in [3.05, 3.63) is 364 Å². The van der Waals surface area contributed by atoms with Crippen molar-refractivity contribution in [1.29, 1.82) is 0 Å². The number of rotatable bonds is 20. The first-order valence-corrected chi connectivity index (χ1v) is 52.2. The van der Waals surface area contributed by atoms with Crippen LogP contribution in [0.25, 0.3) is 0 Å². The molecule has 9 heteroatoms. The van der Waals surface area contributed by atoms with Gasteiger partial charge in [-0.1, -0.05) is 0 Å². The van der Waals surface area contributed by atoms with Gasteiger partial charge in [0.25, 0.3) is 0 Å². The summed E-state index contributed by atoms with van der Waals surface area (Å²) < 4.78 is 0. The minimum atomic E-state index is -3.40. The number of hydrogen-bond acceptors (Lipinski definition) is 0. The Morgan fingerprint density at radius 1 is 0.136 bits per heavy atom. The van der Waals surface area contributed by atoms with Crippen molar-refractivity contribution in [2.75, 3.05) is 0 Å². The number of hydrogen-bond donors (Lipinski definition) is 0. The van der Waals surface area contributed by atoms with Gasteiger partial charge >= 0.3 is 495 Å². The molecule has 0 aliphatic rings. The Labute approximate surface area is 490 Å². The van der Waals surface area contributed by atoms with Crippen molar-refractivity contribution in [2.45, 2.75) is 0 Å². The summed E-state index contributed by atoms with van der Waals surface area (Å²) in [5.74, 6) is 0. The number of benzene rings is 12. The van der Waals surface area contributed by atoms with E-state index in [0.717, 1.165) is 0 Å². The van der Waals surface area contributed by atoms with Crippen LogP contribution >= 0.6 is 53.6 Å². The van der Waals surface area contributed by atoms with E-state index in [0.29, 0.717) is 25.8 Å². The van der Waals surface area contributed by atoms with E-state index in [2.05, 4.69) is 364 Å². The molecule has 0 heterocycles. The summed E-state index contributed by atoms with van der Waals surface area (Å²) in [6.45, 7) is -9.77. The molecule has 81 heavy (non-hydrogen) atoms. The Hall–Kier alpha value is -5.26. The molecule has 0 aliphatic heterocycles. The Bertz CT molecular complexity index is 2940. The van der Waals surface area contributed by atoms with Gasteiger partial charge in [-0.05, 0) is 0 Å². The molecule has 12 aromatic carbocycles. The van der Waals surface area contributed by atoms with Gasteiger partial charge < -0.3 is 0 Å². The first-order valence-electron chi connectivity index (χ1n) is 27.6. The first-order chi connectivity index (χ1) is 40.1. The quantitative estimate of drug-likeness (QED) is 0.0527. The molecule has 12 aromatic rings. The second-order valence-electron chi connectivity index (χ2n) is 20.2. The average molecular weight is 1290 g/mol. The van der Waals surface area contributed by atoms with Crippen LogP contribution in [0.1, 0.15) is 0 Å². The molecule has 0 saturated heterocycles. The predicted molar refractivity (Wildman–Crippen MR) is 379 cm³/mol. The molecule has 0 amide bonds. The van der Waals surface area contributed by atoms with Gasteiger partial charge in [-0.15, -0.1) is 0 Å². The van der Waals surface area contributed by atoms with Crippen LogP contribution in [0.5, 0.6) is 0 Å². The Morgan fingerprint density at radius 2 is 0.222 bits per heavy atom. The van der Waals surface area contributed by atoms with Crippen LogP contribution in [0, 0.1) is 0 Å². The van der Waals surface area contributed by atoms with E-state index in [1.54, 1.807) is 0 Å². The van der Waals surface area contributed by atoms with Crippen LogP contribution in [0.2, 0.25) is 0 Å². The molecule has 0 aliphatic carbocycles. The Balaban J connectivity index is 1.34.